The molecule has 4 aromatic carbocycles. The molecule has 8 heteroatoms. The van der Waals surface area contributed by atoms with E-state index in [0.717, 1.165) is 5.56 Å². The normalized spacial score (nSPS) is 17.6. The van der Waals surface area contributed by atoms with E-state index < -0.39 is 22.8 Å². The molecule has 0 fully saturated rings. The van der Waals surface area contributed by atoms with Crippen molar-refractivity contribution in [1.29, 1.82) is 0 Å². The first-order valence-electron chi connectivity index (χ1n) is 12.7. The summed E-state index contributed by atoms with van der Waals surface area (Å²) in [4.78, 5) is 46.1. The molecule has 0 saturated heterocycles. The second-order valence-corrected chi connectivity index (χ2v) is 10.3. The molecule has 2 amide bonds. The lowest BCUT2D eigenvalue weighted by Crippen LogP contribution is -2.52. The molecule has 0 aliphatic carbocycles. The lowest BCUT2D eigenvalue weighted by Gasteiger charge is -2.34. The number of para-hydroxylation sites is 1. The number of carbonyl (C=O) groups is 2. The third kappa shape index (κ3) is 3.37. The van der Waals surface area contributed by atoms with Gasteiger partial charge in [-0.05, 0) is 47.5 Å². The number of hydrogen-bond acceptors (Lipinski definition) is 4. The van der Waals surface area contributed by atoms with Crippen molar-refractivity contribution < 1.29 is 18.4 Å². The van der Waals surface area contributed by atoms with Gasteiger partial charge in [0.15, 0.2) is 11.0 Å². The molecule has 0 bridgehead atoms. The van der Waals surface area contributed by atoms with E-state index in [1.165, 1.54) is 23.1 Å². The Morgan fingerprint density at radius 3 is 2.27 bits per heavy atom. The Morgan fingerprint density at radius 1 is 0.800 bits per heavy atom. The summed E-state index contributed by atoms with van der Waals surface area (Å²) >= 11 is 6.23. The van der Waals surface area contributed by atoms with Gasteiger partial charge >= 0.3 is 0 Å². The molecule has 5 aromatic rings. The van der Waals surface area contributed by atoms with E-state index in [-0.39, 0.29) is 41.2 Å². The summed E-state index contributed by atoms with van der Waals surface area (Å²) in [6.07, 6.45) is 0. The van der Waals surface area contributed by atoms with Crippen LogP contribution in [-0.4, -0.2) is 16.7 Å². The fraction of sp³-hybridized carbons (Fsp3) is 0.0938. The number of fused-ring (bicyclic) bond motifs is 5. The van der Waals surface area contributed by atoms with Crippen molar-refractivity contribution >= 4 is 40.1 Å². The van der Waals surface area contributed by atoms with Crippen LogP contribution in [-0.2, 0) is 23.4 Å². The molecule has 1 aromatic heterocycles. The quantitative estimate of drug-likeness (QED) is 0.274. The molecule has 0 saturated carbocycles. The lowest BCUT2D eigenvalue weighted by atomic mass is 9.83. The number of halogens is 2. The fourth-order valence-corrected chi connectivity index (χ4v) is 6.05. The van der Waals surface area contributed by atoms with Crippen LogP contribution in [0.2, 0.25) is 5.02 Å². The highest BCUT2D eigenvalue weighted by Gasteiger charge is 2.64. The molecule has 1 atom stereocenters. The van der Waals surface area contributed by atoms with Crippen molar-refractivity contribution in [2.45, 2.75) is 18.6 Å². The number of anilines is 1. The summed E-state index contributed by atoms with van der Waals surface area (Å²) < 4.78 is 19.7. The summed E-state index contributed by atoms with van der Waals surface area (Å²) in [5.41, 5.74) is 0.455. The standard InChI is InChI=1S/C32H20ClFN2O4/c33-21-12-15-26-23(16-21)28(37)27-29(40-26)30(38)36(18-19-6-2-1-3-7-19)32(27)24-8-4-5-9-25(24)35(31(32)39)17-20-10-13-22(34)14-11-20/h1-16H,17-18H2. The minimum absolute atomic E-state index is 0.0257. The molecule has 0 N–H and O–H groups in total. The first kappa shape index (κ1) is 24.3. The third-order valence-corrected chi connectivity index (χ3v) is 7.87. The van der Waals surface area contributed by atoms with Crippen LogP contribution in [0.25, 0.3) is 11.0 Å². The predicted molar refractivity (Wildman–Crippen MR) is 149 cm³/mol. The van der Waals surface area contributed by atoms with Crippen molar-refractivity contribution in [2.24, 2.45) is 0 Å². The van der Waals surface area contributed by atoms with E-state index in [2.05, 4.69) is 0 Å². The molecule has 1 spiro atoms. The van der Waals surface area contributed by atoms with Gasteiger partial charge in [0.1, 0.15) is 11.4 Å². The fourth-order valence-electron chi connectivity index (χ4n) is 5.88. The Balaban J connectivity index is 1.51. The molecule has 196 valence electrons. The van der Waals surface area contributed by atoms with Crippen molar-refractivity contribution in [3.05, 3.63) is 146 Å². The predicted octanol–water partition coefficient (Wildman–Crippen LogP) is 6.03. The van der Waals surface area contributed by atoms with Gasteiger partial charge in [-0.1, -0.05) is 72.3 Å². The second-order valence-electron chi connectivity index (χ2n) is 9.90. The molecule has 3 heterocycles. The van der Waals surface area contributed by atoms with E-state index in [1.807, 2.05) is 30.3 Å². The van der Waals surface area contributed by atoms with Crippen molar-refractivity contribution in [2.75, 3.05) is 4.90 Å². The van der Waals surface area contributed by atoms with E-state index in [9.17, 15) is 18.8 Å². The van der Waals surface area contributed by atoms with Crippen LogP contribution in [0.4, 0.5) is 10.1 Å². The number of nitrogens with zero attached hydrogens (tertiary/aromatic N) is 2. The van der Waals surface area contributed by atoms with Crippen LogP contribution in [0.5, 0.6) is 0 Å². The van der Waals surface area contributed by atoms with E-state index >= 15 is 0 Å². The number of amides is 2. The Morgan fingerprint density at radius 2 is 1.50 bits per heavy atom. The highest BCUT2D eigenvalue weighted by Crippen LogP contribution is 2.53. The average Bonchev–Trinajstić information content (AvgIpc) is 3.35. The number of benzene rings is 4. The van der Waals surface area contributed by atoms with Gasteiger partial charge in [-0.25, -0.2) is 4.39 Å². The Kier molecular flexibility index (Phi) is 5.40. The second kappa shape index (κ2) is 8.89. The van der Waals surface area contributed by atoms with Crippen LogP contribution in [0, 0.1) is 5.82 Å². The first-order chi connectivity index (χ1) is 19.4. The van der Waals surface area contributed by atoms with Gasteiger partial charge < -0.3 is 14.2 Å². The molecular weight excluding hydrogens is 531 g/mol. The third-order valence-electron chi connectivity index (χ3n) is 7.64. The maximum atomic E-state index is 14.8. The molecular formula is C32H20ClFN2O4. The van der Waals surface area contributed by atoms with Gasteiger partial charge in [0.2, 0.25) is 5.76 Å². The van der Waals surface area contributed by atoms with Gasteiger partial charge in [-0.15, -0.1) is 0 Å². The first-order valence-corrected chi connectivity index (χ1v) is 13.1. The largest absolute Gasteiger partial charge is 0.450 e. The zero-order chi connectivity index (χ0) is 27.6. The van der Waals surface area contributed by atoms with Gasteiger partial charge in [0.25, 0.3) is 11.8 Å². The van der Waals surface area contributed by atoms with Crippen LogP contribution < -0.4 is 10.3 Å². The van der Waals surface area contributed by atoms with E-state index in [1.54, 1.807) is 53.4 Å². The van der Waals surface area contributed by atoms with Crippen LogP contribution in [0.3, 0.4) is 0 Å². The Bertz CT molecular complexity index is 1910. The summed E-state index contributed by atoms with van der Waals surface area (Å²) in [6.45, 7) is 0.177. The molecule has 6 nitrogen and oxygen atoms in total. The maximum absolute atomic E-state index is 14.8. The molecule has 7 rings (SSSR count). The molecule has 0 radical (unpaired) electrons. The molecule has 40 heavy (non-hydrogen) atoms. The summed E-state index contributed by atoms with van der Waals surface area (Å²) in [5.74, 6) is -1.57. The molecule has 2 aliphatic rings. The number of hydrogen-bond donors (Lipinski definition) is 0. The number of carbonyl (C=O) groups excluding carboxylic acids is 2. The summed E-state index contributed by atoms with van der Waals surface area (Å²) in [7, 11) is 0. The number of rotatable bonds is 4. The Hall–Kier alpha value is -4.75. The van der Waals surface area contributed by atoms with Crippen LogP contribution >= 0.6 is 11.6 Å². The lowest BCUT2D eigenvalue weighted by molar-refractivity contribution is -0.126. The maximum Gasteiger partial charge on any atom is 0.291 e. The minimum atomic E-state index is -1.77. The smallest absolute Gasteiger partial charge is 0.291 e. The summed E-state index contributed by atoms with van der Waals surface area (Å²) in [6, 6.07) is 26.9. The van der Waals surface area contributed by atoms with Crippen molar-refractivity contribution in [3.8, 4) is 0 Å². The van der Waals surface area contributed by atoms with Crippen molar-refractivity contribution in [1.82, 2.24) is 4.90 Å². The van der Waals surface area contributed by atoms with E-state index in [4.69, 9.17) is 16.0 Å². The van der Waals surface area contributed by atoms with Gasteiger partial charge in [0.05, 0.1) is 23.2 Å². The monoisotopic (exact) mass is 550 g/mol. The highest BCUT2D eigenvalue weighted by molar-refractivity contribution is 6.31. The minimum Gasteiger partial charge on any atom is -0.450 e. The summed E-state index contributed by atoms with van der Waals surface area (Å²) in [5, 5.41) is 0.512. The van der Waals surface area contributed by atoms with Gasteiger partial charge in [-0.3, -0.25) is 14.4 Å². The van der Waals surface area contributed by atoms with E-state index in [0.29, 0.717) is 21.8 Å². The van der Waals surface area contributed by atoms with Crippen LogP contribution in [0.15, 0.2) is 106 Å². The van der Waals surface area contributed by atoms with Gasteiger partial charge in [-0.2, -0.15) is 0 Å². The topological polar surface area (TPSA) is 70.8 Å². The van der Waals surface area contributed by atoms with Crippen molar-refractivity contribution in [3.63, 3.8) is 0 Å². The SMILES string of the molecule is O=C1c2oc3ccc(Cl)cc3c(=O)c2C2(C(=O)N(Cc3ccc(F)cc3)c3ccccc32)N1Cc1ccccc1. The molecule has 2 aliphatic heterocycles. The zero-order valence-electron chi connectivity index (χ0n) is 20.9. The van der Waals surface area contributed by atoms with Crippen LogP contribution in [0.1, 0.15) is 32.8 Å². The van der Waals surface area contributed by atoms with Gasteiger partial charge in [0, 0.05) is 17.1 Å². The zero-order valence-corrected chi connectivity index (χ0v) is 21.7. The highest BCUT2D eigenvalue weighted by atomic mass is 35.5. The Labute approximate surface area is 232 Å². The molecule has 1 unspecified atom stereocenters. The average molecular weight is 551 g/mol.